The number of fused-ring (bicyclic) bond motifs is 1. The van der Waals surface area contributed by atoms with Crippen LogP contribution in [0, 0.1) is 5.92 Å². The molecule has 0 fully saturated rings. The van der Waals surface area contributed by atoms with E-state index in [0.717, 1.165) is 4.90 Å². The monoisotopic (exact) mass is 261 g/mol. The molecule has 2 heterocycles. The summed E-state index contributed by atoms with van der Waals surface area (Å²) in [6.07, 6.45) is 1.48. The third kappa shape index (κ3) is 2.47. The van der Waals surface area contributed by atoms with Gasteiger partial charge < -0.3 is 5.32 Å². The number of carbonyl (C=O) groups excluding carboxylic acids is 3. The third-order valence-electron chi connectivity index (χ3n) is 2.89. The van der Waals surface area contributed by atoms with Gasteiger partial charge in [0.1, 0.15) is 5.69 Å². The first kappa shape index (κ1) is 13.2. The molecule has 2 rings (SSSR count). The van der Waals surface area contributed by atoms with Gasteiger partial charge in [-0.2, -0.15) is 0 Å². The summed E-state index contributed by atoms with van der Waals surface area (Å²) in [5, 5.41) is 2.67. The van der Waals surface area contributed by atoms with Crippen LogP contribution in [0.5, 0.6) is 0 Å². The van der Waals surface area contributed by atoms with Gasteiger partial charge in [0.15, 0.2) is 0 Å². The van der Waals surface area contributed by atoms with E-state index in [9.17, 15) is 14.4 Å². The van der Waals surface area contributed by atoms with Crippen LogP contribution in [0.25, 0.3) is 0 Å². The first-order valence-corrected chi connectivity index (χ1v) is 6.11. The van der Waals surface area contributed by atoms with Crippen molar-refractivity contribution in [2.75, 3.05) is 13.1 Å². The lowest BCUT2D eigenvalue weighted by Crippen LogP contribution is -2.39. The summed E-state index contributed by atoms with van der Waals surface area (Å²) in [6.45, 7) is 3.97. The Balaban J connectivity index is 1.99. The van der Waals surface area contributed by atoms with Gasteiger partial charge in [-0.3, -0.25) is 24.3 Å². The quantitative estimate of drug-likeness (QED) is 0.798. The van der Waals surface area contributed by atoms with Gasteiger partial charge in [-0.05, 0) is 12.1 Å². The van der Waals surface area contributed by atoms with Crippen LogP contribution >= 0.6 is 0 Å². The molecule has 1 aromatic rings. The van der Waals surface area contributed by atoms with Gasteiger partial charge in [0.05, 0.1) is 5.56 Å². The SMILES string of the molecule is CC(C)C(=O)NCCN1C(=O)c2cccnc2C1=O. The normalized spacial score (nSPS) is 13.9. The third-order valence-corrected chi connectivity index (χ3v) is 2.89. The summed E-state index contributed by atoms with van der Waals surface area (Å²) in [4.78, 5) is 40.3. The molecule has 0 bridgehead atoms. The van der Waals surface area contributed by atoms with Crippen molar-refractivity contribution in [3.8, 4) is 0 Å². The minimum atomic E-state index is -0.403. The van der Waals surface area contributed by atoms with E-state index in [2.05, 4.69) is 10.3 Å². The number of nitrogens with one attached hydrogen (secondary N) is 1. The Bertz CT molecular complexity index is 505. The lowest BCUT2D eigenvalue weighted by molar-refractivity contribution is -0.124. The van der Waals surface area contributed by atoms with E-state index in [1.807, 2.05) is 0 Å². The Hall–Kier alpha value is -2.24. The minimum Gasteiger partial charge on any atom is -0.354 e. The predicted molar refractivity (Wildman–Crippen MR) is 67.5 cm³/mol. The molecule has 0 spiro atoms. The molecule has 0 atom stereocenters. The van der Waals surface area contributed by atoms with E-state index >= 15 is 0 Å². The van der Waals surface area contributed by atoms with Gasteiger partial charge in [-0.1, -0.05) is 13.8 Å². The van der Waals surface area contributed by atoms with Gasteiger partial charge >= 0.3 is 0 Å². The van der Waals surface area contributed by atoms with E-state index < -0.39 is 5.91 Å². The average Bonchev–Trinajstić information content (AvgIpc) is 2.64. The van der Waals surface area contributed by atoms with Crippen LogP contribution < -0.4 is 5.32 Å². The molecule has 1 N–H and O–H groups in total. The largest absolute Gasteiger partial charge is 0.354 e. The molecule has 0 aromatic carbocycles. The van der Waals surface area contributed by atoms with Crippen molar-refractivity contribution < 1.29 is 14.4 Å². The molecule has 0 aliphatic carbocycles. The van der Waals surface area contributed by atoms with E-state index in [-0.39, 0.29) is 36.5 Å². The fourth-order valence-corrected chi connectivity index (χ4v) is 1.81. The maximum absolute atomic E-state index is 12.0. The molecule has 100 valence electrons. The van der Waals surface area contributed by atoms with Crippen molar-refractivity contribution in [2.24, 2.45) is 5.92 Å². The highest BCUT2D eigenvalue weighted by Crippen LogP contribution is 2.19. The van der Waals surface area contributed by atoms with Crippen LogP contribution in [0.1, 0.15) is 34.7 Å². The van der Waals surface area contributed by atoms with Gasteiger partial charge in [-0.25, -0.2) is 0 Å². The first-order valence-electron chi connectivity index (χ1n) is 6.11. The Labute approximate surface area is 110 Å². The van der Waals surface area contributed by atoms with Crippen LogP contribution in [0.2, 0.25) is 0 Å². The molecule has 3 amide bonds. The average molecular weight is 261 g/mol. The summed E-state index contributed by atoms with van der Waals surface area (Å²) in [6, 6.07) is 3.20. The van der Waals surface area contributed by atoms with Gasteiger partial charge in [0.25, 0.3) is 11.8 Å². The van der Waals surface area contributed by atoms with Crippen molar-refractivity contribution in [1.82, 2.24) is 15.2 Å². The zero-order valence-corrected chi connectivity index (χ0v) is 10.8. The topological polar surface area (TPSA) is 79.4 Å². The molecule has 19 heavy (non-hydrogen) atoms. The Morgan fingerprint density at radius 1 is 1.37 bits per heavy atom. The number of pyridine rings is 1. The van der Waals surface area contributed by atoms with Crippen molar-refractivity contribution in [3.05, 3.63) is 29.6 Å². The highest BCUT2D eigenvalue weighted by Gasteiger charge is 2.36. The van der Waals surface area contributed by atoms with Crippen LogP contribution in [0.3, 0.4) is 0 Å². The minimum absolute atomic E-state index is 0.102. The zero-order chi connectivity index (χ0) is 14.0. The first-order chi connectivity index (χ1) is 9.02. The summed E-state index contributed by atoms with van der Waals surface area (Å²) in [5.74, 6) is -0.982. The molecule has 0 saturated carbocycles. The van der Waals surface area contributed by atoms with E-state index in [4.69, 9.17) is 0 Å². The highest BCUT2D eigenvalue weighted by atomic mass is 16.2. The number of carbonyl (C=O) groups is 3. The smallest absolute Gasteiger partial charge is 0.280 e. The number of aromatic nitrogens is 1. The van der Waals surface area contributed by atoms with Crippen molar-refractivity contribution in [3.63, 3.8) is 0 Å². The standard InChI is InChI=1S/C13H15N3O3/c1-8(2)11(17)15-6-7-16-12(18)9-4-3-5-14-10(9)13(16)19/h3-5,8H,6-7H2,1-2H3,(H,15,17). The maximum Gasteiger partial charge on any atom is 0.280 e. The molecular formula is C13H15N3O3. The lowest BCUT2D eigenvalue weighted by atomic mass is 10.2. The number of hydrogen-bond donors (Lipinski definition) is 1. The van der Waals surface area contributed by atoms with E-state index in [0.29, 0.717) is 5.56 Å². The Morgan fingerprint density at radius 2 is 2.11 bits per heavy atom. The van der Waals surface area contributed by atoms with Crippen LogP contribution in [-0.4, -0.2) is 40.7 Å². The van der Waals surface area contributed by atoms with E-state index in [1.54, 1.807) is 26.0 Å². The molecule has 6 nitrogen and oxygen atoms in total. The summed E-state index contributed by atoms with van der Waals surface area (Å²) in [7, 11) is 0. The predicted octanol–water partition coefficient (Wildman–Crippen LogP) is 0.450. The second-order valence-electron chi connectivity index (χ2n) is 4.61. The van der Waals surface area contributed by atoms with Gasteiger partial charge in [0, 0.05) is 25.2 Å². The molecule has 0 unspecified atom stereocenters. The molecule has 6 heteroatoms. The Kier molecular flexibility index (Phi) is 3.59. The number of imide groups is 1. The molecule has 0 radical (unpaired) electrons. The van der Waals surface area contributed by atoms with Crippen LogP contribution in [0.15, 0.2) is 18.3 Å². The van der Waals surface area contributed by atoms with E-state index in [1.165, 1.54) is 6.20 Å². The second-order valence-corrected chi connectivity index (χ2v) is 4.61. The summed E-state index contributed by atoms with van der Waals surface area (Å²) >= 11 is 0. The fourth-order valence-electron chi connectivity index (χ4n) is 1.81. The number of nitrogens with zero attached hydrogens (tertiary/aromatic N) is 2. The maximum atomic E-state index is 12.0. The highest BCUT2D eigenvalue weighted by molar-refractivity contribution is 6.20. The van der Waals surface area contributed by atoms with Crippen molar-refractivity contribution >= 4 is 17.7 Å². The van der Waals surface area contributed by atoms with Gasteiger partial charge in [0.2, 0.25) is 5.91 Å². The molecule has 1 aliphatic rings. The fraction of sp³-hybridized carbons (Fsp3) is 0.385. The molecule has 1 aliphatic heterocycles. The van der Waals surface area contributed by atoms with Crippen molar-refractivity contribution in [2.45, 2.75) is 13.8 Å². The van der Waals surface area contributed by atoms with Crippen LogP contribution in [-0.2, 0) is 4.79 Å². The number of amides is 3. The number of rotatable bonds is 4. The summed E-state index contributed by atoms with van der Waals surface area (Å²) < 4.78 is 0. The summed E-state index contributed by atoms with van der Waals surface area (Å²) in [5.41, 5.74) is 0.505. The molecular weight excluding hydrogens is 246 g/mol. The second kappa shape index (κ2) is 5.17. The molecule has 1 aromatic heterocycles. The van der Waals surface area contributed by atoms with Gasteiger partial charge in [-0.15, -0.1) is 0 Å². The molecule has 0 saturated heterocycles. The zero-order valence-electron chi connectivity index (χ0n) is 10.8. The lowest BCUT2D eigenvalue weighted by Gasteiger charge is -2.14. The van der Waals surface area contributed by atoms with Crippen molar-refractivity contribution in [1.29, 1.82) is 0 Å². The van der Waals surface area contributed by atoms with Crippen LogP contribution in [0.4, 0.5) is 0 Å². The Morgan fingerprint density at radius 3 is 2.74 bits per heavy atom. The number of hydrogen-bond acceptors (Lipinski definition) is 4.